The Bertz CT molecular complexity index is 1600. The first-order valence-corrected chi connectivity index (χ1v) is 14.2. The topological polar surface area (TPSA) is 65.1 Å². The number of para-hydroxylation sites is 1. The zero-order valence-corrected chi connectivity index (χ0v) is 23.9. The standard InChI is InChI=1S/C31H25Cl2NO5S/c1-2-37-27-17-20(16-25(33)29(27)39-19-22-10-7-9-21-8-3-4-11-23(21)22)18-28-30(35)34(31(36)40-28)14-15-38-26-13-6-5-12-24(26)32/h3-13,16-18H,2,14-15,19H2,1H3/b28-18-. The van der Waals surface area contributed by atoms with Gasteiger partial charge in [-0.3, -0.25) is 14.5 Å². The molecule has 1 aliphatic heterocycles. The Morgan fingerprint density at radius 3 is 2.45 bits per heavy atom. The van der Waals surface area contributed by atoms with Gasteiger partial charge in [0.15, 0.2) is 11.5 Å². The van der Waals surface area contributed by atoms with Crippen LogP contribution in [0.4, 0.5) is 4.79 Å². The molecule has 4 aromatic carbocycles. The Morgan fingerprint density at radius 1 is 0.850 bits per heavy atom. The lowest BCUT2D eigenvalue weighted by Gasteiger charge is -2.15. The first-order valence-electron chi connectivity index (χ1n) is 12.6. The molecule has 9 heteroatoms. The summed E-state index contributed by atoms with van der Waals surface area (Å²) < 4.78 is 17.6. The molecule has 0 aromatic heterocycles. The van der Waals surface area contributed by atoms with Crippen LogP contribution in [0.1, 0.15) is 18.1 Å². The molecule has 2 amide bonds. The van der Waals surface area contributed by atoms with E-state index in [4.69, 9.17) is 37.4 Å². The van der Waals surface area contributed by atoms with Gasteiger partial charge in [0.2, 0.25) is 0 Å². The maximum Gasteiger partial charge on any atom is 0.293 e. The number of carbonyl (C=O) groups excluding carboxylic acids is 2. The number of benzene rings is 4. The summed E-state index contributed by atoms with van der Waals surface area (Å²) in [7, 11) is 0. The van der Waals surface area contributed by atoms with Gasteiger partial charge in [0.05, 0.1) is 28.1 Å². The number of halogens is 2. The molecule has 0 N–H and O–H groups in total. The quantitative estimate of drug-likeness (QED) is 0.172. The minimum atomic E-state index is -0.400. The van der Waals surface area contributed by atoms with E-state index >= 15 is 0 Å². The summed E-state index contributed by atoms with van der Waals surface area (Å²) in [6.07, 6.45) is 1.63. The molecule has 6 nitrogen and oxygen atoms in total. The summed E-state index contributed by atoms with van der Waals surface area (Å²) in [6.45, 7) is 2.78. The number of hydrogen-bond acceptors (Lipinski definition) is 6. The molecule has 0 bridgehead atoms. The molecule has 0 aliphatic carbocycles. The average molecular weight is 595 g/mol. The average Bonchev–Trinajstić information content (AvgIpc) is 3.21. The second-order valence-corrected chi connectivity index (χ2v) is 10.6. The zero-order valence-electron chi connectivity index (χ0n) is 21.6. The van der Waals surface area contributed by atoms with Crippen molar-refractivity contribution in [2.75, 3.05) is 19.8 Å². The lowest BCUT2D eigenvalue weighted by atomic mass is 10.1. The molecule has 0 radical (unpaired) electrons. The van der Waals surface area contributed by atoms with Gasteiger partial charge in [0.1, 0.15) is 19.0 Å². The second-order valence-electron chi connectivity index (χ2n) is 8.80. The van der Waals surface area contributed by atoms with Crippen molar-refractivity contribution in [2.45, 2.75) is 13.5 Å². The minimum Gasteiger partial charge on any atom is -0.490 e. The maximum absolute atomic E-state index is 13.0. The Morgan fingerprint density at radius 2 is 1.62 bits per heavy atom. The van der Waals surface area contributed by atoms with Crippen LogP contribution in [0.25, 0.3) is 16.8 Å². The lowest BCUT2D eigenvalue weighted by Crippen LogP contribution is -2.32. The van der Waals surface area contributed by atoms with Gasteiger partial charge in [0, 0.05) is 0 Å². The van der Waals surface area contributed by atoms with Crippen molar-refractivity contribution < 1.29 is 23.8 Å². The van der Waals surface area contributed by atoms with Gasteiger partial charge in [-0.1, -0.05) is 77.8 Å². The van der Waals surface area contributed by atoms with Crippen molar-refractivity contribution >= 4 is 63.0 Å². The molecule has 40 heavy (non-hydrogen) atoms. The van der Waals surface area contributed by atoms with E-state index in [9.17, 15) is 9.59 Å². The van der Waals surface area contributed by atoms with Gasteiger partial charge in [-0.05, 0) is 70.9 Å². The fourth-order valence-electron chi connectivity index (χ4n) is 4.30. The Labute approximate surface area is 246 Å². The van der Waals surface area contributed by atoms with Gasteiger partial charge >= 0.3 is 0 Å². The van der Waals surface area contributed by atoms with Gasteiger partial charge < -0.3 is 14.2 Å². The normalized spacial score (nSPS) is 14.3. The van der Waals surface area contributed by atoms with E-state index in [-0.39, 0.29) is 23.3 Å². The third-order valence-electron chi connectivity index (χ3n) is 6.16. The third-order valence-corrected chi connectivity index (χ3v) is 7.66. The van der Waals surface area contributed by atoms with Crippen LogP contribution in [0.15, 0.2) is 83.8 Å². The molecule has 0 unspecified atom stereocenters. The van der Waals surface area contributed by atoms with Crippen LogP contribution in [0.2, 0.25) is 10.0 Å². The number of thioether (sulfide) groups is 1. The molecular formula is C31H25Cl2NO5S. The molecule has 5 rings (SSSR count). The van der Waals surface area contributed by atoms with Gasteiger partial charge in [-0.25, -0.2) is 0 Å². The van der Waals surface area contributed by atoms with E-state index in [1.807, 2.05) is 31.2 Å². The lowest BCUT2D eigenvalue weighted by molar-refractivity contribution is -0.123. The maximum atomic E-state index is 13.0. The highest BCUT2D eigenvalue weighted by atomic mass is 35.5. The number of nitrogens with zero attached hydrogens (tertiary/aromatic N) is 1. The number of hydrogen-bond donors (Lipinski definition) is 0. The van der Waals surface area contributed by atoms with Crippen molar-refractivity contribution in [3.8, 4) is 17.2 Å². The summed E-state index contributed by atoms with van der Waals surface area (Å²) in [4.78, 5) is 27.0. The van der Waals surface area contributed by atoms with E-state index in [0.717, 1.165) is 33.0 Å². The number of rotatable bonds is 10. The molecule has 0 saturated carbocycles. The van der Waals surface area contributed by atoms with E-state index in [1.54, 1.807) is 42.5 Å². The third kappa shape index (κ3) is 6.22. The number of fused-ring (bicyclic) bond motifs is 1. The van der Waals surface area contributed by atoms with Crippen LogP contribution in [0, 0.1) is 0 Å². The number of amides is 2. The van der Waals surface area contributed by atoms with Gasteiger partial charge in [-0.15, -0.1) is 0 Å². The smallest absolute Gasteiger partial charge is 0.293 e. The summed E-state index contributed by atoms with van der Waals surface area (Å²) in [5, 5.41) is 2.65. The molecule has 0 atom stereocenters. The molecule has 1 saturated heterocycles. The monoisotopic (exact) mass is 593 g/mol. The minimum absolute atomic E-state index is 0.0964. The molecule has 204 valence electrons. The van der Waals surface area contributed by atoms with Crippen LogP contribution < -0.4 is 14.2 Å². The second kappa shape index (κ2) is 12.7. The van der Waals surface area contributed by atoms with Crippen LogP contribution in [-0.2, 0) is 11.4 Å². The Hall–Kier alpha value is -3.65. The van der Waals surface area contributed by atoms with Crippen LogP contribution in [-0.4, -0.2) is 35.8 Å². The summed E-state index contributed by atoms with van der Waals surface area (Å²) >= 11 is 13.6. The van der Waals surface area contributed by atoms with E-state index in [2.05, 4.69) is 18.2 Å². The molecule has 0 spiro atoms. The van der Waals surface area contributed by atoms with E-state index < -0.39 is 5.91 Å². The molecule has 4 aromatic rings. The fourth-order valence-corrected chi connectivity index (χ4v) is 5.62. The Kier molecular flexibility index (Phi) is 8.85. The van der Waals surface area contributed by atoms with Gasteiger partial charge in [0.25, 0.3) is 11.1 Å². The number of carbonyl (C=O) groups is 2. The SMILES string of the molecule is CCOc1cc(/C=C2\SC(=O)N(CCOc3ccccc3Cl)C2=O)cc(Cl)c1OCc1cccc2ccccc12. The van der Waals surface area contributed by atoms with Crippen LogP contribution in [0.5, 0.6) is 17.2 Å². The molecule has 1 heterocycles. The molecule has 1 aliphatic rings. The summed E-state index contributed by atoms with van der Waals surface area (Å²) in [5.41, 5.74) is 1.64. The first-order chi connectivity index (χ1) is 19.4. The number of ether oxygens (including phenoxy) is 3. The van der Waals surface area contributed by atoms with Crippen LogP contribution in [0.3, 0.4) is 0 Å². The Balaban J connectivity index is 1.31. The summed E-state index contributed by atoms with van der Waals surface area (Å²) in [6, 6.07) is 24.6. The first kappa shape index (κ1) is 27.9. The van der Waals surface area contributed by atoms with Crippen molar-refractivity contribution in [3.63, 3.8) is 0 Å². The molecular weight excluding hydrogens is 569 g/mol. The molecule has 1 fully saturated rings. The largest absolute Gasteiger partial charge is 0.490 e. The van der Waals surface area contributed by atoms with E-state index in [0.29, 0.717) is 46.1 Å². The number of imide groups is 1. The van der Waals surface area contributed by atoms with Crippen molar-refractivity contribution in [3.05, 3.63) is 105 Å². The van der Waals surface area contributed by atoms with Crippen LogP contribution >= 0.6 is 35.0 Å². The fraction of sp³-hybridized carbons (Fsp3) is 0.161. The van der Waals surface area contributed by atoms with Gasteiger partial charge in [-0.2, -0.15) is 0 Å². The van der Waals surface area contributed by atoms with Crippen molar-refractivity contribution in [2.24, 2.45) is 0 Å². The van der Waals surface area contributed by atoms with Crippen molar-refractivity contribution in [1.29, 1.82) is 0 Å². The van der Waals surface area contributed by atoms with E-state index in [1.165, 1.54) is 0 Å². The highest BCUT2D eigenvalue weighted by Crippen LogP contribution is 2.40. The highest BCUT2D eigenvalue weighted by Gasteiger charge is 2.35. The predicted octanol–water partition coefficient (Wildman–Crippen LogP) is 8.24. The summed E-state index contributed by atoms with van der Waals surface area (Å²) in [5.74, 6) is 0.961. The van der Waals surface area contributed by atoms with Crippen molar-refractivity contribution in [1.82, 2.24) is 4.90 Å². The highest BCUT2D eigenvalue weighted by molar-refractivity contribution is 8.18. The predicted molar refractivity (Wildman–Crippen MR) is 161 cm³/mol. The zero-order chi connectivity index (χ0) is 28.1.